The van der Waals surface area contributed by atoms with Gasteiger partial charge in [0.1, 0.15) is 11.4 Å². The summed E-state index contributed by atoms with van der Waals surface area (Å²) < 4.78 is 4.94. The molecule has 0 aromatic carbocycles. The Morgan fingerprint density at radius 2 is 2.00 bits per heavy atom. The summed E-state index contributed by atoms with van der Waals surface area (Å²) in [6, 6.07) is 2.21. The van der Waals surface area contributed by atoms with Gasteiger partial charge >= 0.3 is 12.2 Å². The van der Waals surface area contributed by atoms with Crippen molar-refractivity contribution < 1.29 is 19.4 Å². The average molecular weight is 254 g/mol. The van der Waals surface area contributed by atoms with Crippen LogP contribution in [-0.2, 0) is 4.74 Å². The second-order valence-electron chi connectivity index (χ2n) is 4.51. The summed E-state index contributed by atoms with van der Waals surface area (Å²) >= 11 is 0. The third-order valence-corrected chi connectivity index (χ3v) is 1.77. The van der Waals surface area contributed by atoms with E-state index in [1.165, 1.54) is 12.3 Å². The summed E-state index contributed by atoms with van der Waals surface area (Å²) in [5.41, 5.74) is -1.25. The van der Waals surface area contributed by atoms with Gasteiger partial charge in [-0.2, -0.15) is 4.90 Å². The number of H-pyrrole nitrogens is 1. The average Bonchev–Trinajstić information content (AvgIpc) is 2.13. The molecule has 0 fully saturated rings. The smallest absolute Gasteiger partial charge is 0.425 e. The highest BCUT2D eigenvalue weighted by Gasteiger charge is 2.29. The van der Waals surface area contributed by atoms with E-state index >= 15 is 0 Å². The number of imide groups is 1. The van der Waals surface area contributed by atoms with E-state index in [0.717, 1.165) is 6.07 Å². The monoisotopic (exact) mass is 254 g/mol. The minimum Gasteiger partial charge on any atom is -0.464 e. The van der Waals surface area contributed by atoms with Gasteiger partial charge in [0.15, 0.2) is 5.43 Å². The lowest BCUT2D eigenvalue weighted by Gasteiger charge is -2.23. The number of hydrogen-bond acceptors (Lipinski definition) is 4. The second-order valence-corrected chi connectivity index (χ2v) is 4.51. The first-order chi connectivity index (χ1) is 8.20. The van der Waals surface area contributed by atoms with Crippen LogP contribution in [0.2, 0.25) is 0 Å². The summed E-state index contributed by atoms with van der Waals surface area (Å²) in [5, 5.41) is 8.99. The van der Waals surface area contributed by atoms with E-state index < -0.39 is 23.2 Å². The number of carboxylic acid groups (broad SMARTS) is 1. The van der Waals surface area contributed by atoms with Crippen molar-refractivity contribution in [2.45, 2.75) is 26.4 Å². The van der Waals surface area contributed by atoms with Crippen LogP contribution in [0.3, 0.4) is 0 Å². The zero-order valence-electron chi connectivity index (χ0n) is 10.3. The van der Waals surface area contributed by atoms with Crippen molar-refractivity contribution in [2.24, 2.45) is 0 Å². The topological polar surface area (TPSA) is 99.7 Å². The normalized spacial score (nSPS) is 10.8. The predicted octanol–water partition coefficient (Wildman–Crippen LogP) is 1.79. The van der Waals surface area contributed by atoms with Gasteiger partial charge < -0.3 is 14.8 Å². The number of carbonyl (C=O) groups is 2. The number of aromatic nitrogens is 1. The number of amides is 2. The van der Waals surface area contributed by atoms with Crippen LogP contribution >= 0.6 is 0 Å². The first-order valence-corrected chi connectivity index (χ1v) is 5.15. The van der Waals surface area contributed by atoms with Gasteiger partial charge in [0.2, 0.25) is 0 Å². The Labute approximate surface area is 103 Å². The van der Waals surface area contributed by atoms with Crippen molar-refractivity contribution in [2.75, 3.05) is 4.90 Å². The number of ether oxygens (including phenoxy) is 1. The van der Waals surface area contributed by atoms with E-state index in [1.807, 2.05) is 0 Å². The Kier molecular flexibility index (Phi) is 3.75. The van der Waals surface area contributed by atoms with Gasteiger partial charge in [-0.3, -0.25) is 4.79 Å². The number of nitrogens with zero attached hydrogens (tertiary/aromatic N) is 1. The molecule has 0 aliphatic carbocycles. The fourth-order valence-corrected chi connectivity index (χ4v) is 1.15. The Morgan fingerprint density at radius 1 is 1.39 bits per heavy atom. The SMILES string of the molecule is CC(C)(C)OC(=O)N(C(=O)O)c1cc(=O)cc[nH]1. The van der Waals surface area contributed by atoms with Crippen LogP contribution in [0, 0.1) is 0 Å². The zero-order valence-corrected chi connectivity index (χ0v) is 10.3. The molecule has 0 aliphatic heterocycles. The predicted molar refractivity (Wildman–Crippen MR) is 63.8 cm³/mol. The van der Waals surface area contributed by atoms with Gasteiger partial charge in [0.05, 0.1) is 0 Å². The molecule has 98 valence electrons. The summed E-state index contributed by atoms with van der Waals surface area (Å²) in [7, 11) is 0. The summed E-state index contributed by atoms with van der Waals surface area (Å²) in [6.07, 6.45) is -1.36. The molecule has 1 aromatic heterocycles. The number of rotatable bonds is 1. The molecule has 2 N–H and O–H groups in total. The minimum absolute atomic E-state index is 0.163. The maximum Gasteiger partial charge on any atom is 0.425 e. The largest absolute Gasteiger partial charge is 0.464 e. The molecule has 0 unspecified atom stereocenters. The molecule has 0 atom stereocenters. The highest BCUT2D eigenvalue weighted by molar-refractivity contribution is 6.07. The fraction of sp³-hybridized carbons (Fsp3) is 0.364. The molecule has 0 radical (unpaired) electrons. The molecule has 0 saturated heterocycles. The van der Waals surface area contributed by atoms with Crippen LogP contribution in [0.25, 0.3) is 0 Å². The van der Waals surface area contributed by atoms with Crippen molar-refractivity contribution in [1.82, 2.24) is 4.98 Å². The van der Waals surface area contributed by atoms with E-state index in [1.54, 1.807) is 20.8 Å². The highest BCUT2D eigenvalue weighted by Crippen LogP contribution is 2.14. The van der Waals surface area contributed by atoms with Crippen molar-refractivity contribution >= 4 is 18.0 Å². The maximum absolute atomic E-state index is 11.7. The quantitative estimate of drug-likeness (QED) is 0.795. The van der Waals surface area contributed by atoms with Gasteiger partial charge in [-0.05, 0) is 20.8 Å². The van der Waals surface area contributed by atoms with Gasteiger partial charge in [-0.25, -0.2) is 9.59 Å². The molecule has 0 spiro atoms. The highest BCUT2D eigenvalue weighted by atomic mass is 16.6. The molecule has 0 bridgehead atoms. The van der Waals surface area contributed by atoms with Crippen LogP contribution in [0.1, 0.15) is 20.8 Å². The number of anilines is 1. The molecule has 1 rings (SSSR count). The van der Waals surface area contributed by atoms with E-state index in [0.29, 0.717) is 4.90 Å². The molecule has 2 amide bonds. The lowest BCUT2D eigenvalue weighted by Crippen LogP contribution is -2.41. The molecular formula is C11H14N2O5. The number of nitrogens with one attached hydrogen (secondary N) is 1. The fourth-order valence-electron chi connectivity index (χ4n) is 1.15. The van der Waals surface area contributed by atoms with E-state index in [-0.39, 0.29) is 5.82 Å². The molecule has 1 aromatic rings. The number of pyridine rings is 1. The Bertz CT molecular complexity index is 515. The first kappa shape index (κ1) is 13.8. The van der Waals surface area contributed by atoms with Crippen LogP contribution < -0.4 is 10.3 Å². The van der Waals surface area contributed by atoms with Gasteiger partial charge in [-0.1, -0.05) is 0 Å². The Morgan fingerprint density at radius 3 is 2.44 bits per heavy atom. The number of hydrogen-bond donors (Lipinski definition) is 2. The first-order valence-electron chi connectivity index (χ1n) is 5.15. The second kappa shape index (κ2) is 4.91. The number of aromatic amines is 1. The van der Waals surface area contributed by atoms with E-state index in [9.17, 15) is 14.4 Å². The summed E-state index contributed by atoms with van der Waals surface area (Å²) in [5.74, 6) is -0.163. The molecule has 7 heteroatoms. The van der Waals surface area contributed by atoms with Crippen molar-refractivity contribution in [3.63, 3.8) is 0 Å². The van der Waals surface area contributed by atoms with E-state index in [4.69, 9.17) is 9.84 Å². The lowest BCUT2D eigenvalue weighted by atomic mass is 10.2. The third kappa shape index (κ3) is 3.62. The maximum atomic E-state index is 11.7. The Balaban J connectivity index is 3.08. The molecule has 18 heavy (non-hydrogen) atoms. The standard InChI is InChI=1S/C11H14N2O5/c1-11(2,3)18-10(17)13(9(15)16)8-6-7(14)4-5-12-8/h4-6H,1-3H3,(H,12,14)(H,15,16). The Hall–Kier alpha value is -2.31. The minimum atomic E-state index is -1.54. The zero-order chi connectivity index (χ0) is 13.9. The lowest BCUT2D eigenvalue weighted by molar-refractivity contribution is 0.0581. The van der Waals surface area contributed by atoms with Gasteiger partial charge in [0, 0.05) is 18.3 Å². The van der Waals surface area contributed by atoms with Gasteiger partial charge in [0.25, 0.3) is 0 Å². The van der Waals surface area contributed by atoms with Crippen LogP contribution in [0.5, 0.6) is 0 Å². The summed E-state index contributed by atoms with van der Waals surface area (Å²) in [6.45, 7) is 4.83. The summed E-state index contributed by atoms with van der Waals surface area (Å²) in [4.78, 5) is 36.7. The molecule has 0 saturated carbocycles. The molecule has 1 heterocycles. The molecule has 7 nitrogen and oxygen atoms in total. The van der Waals surface area contributed by atoms with Gasteiger partial charge in [-0.15, -0.1) is 0 Å². The van der Waals surface area contributed by atoms with Crippen LogP contribution in [0.4, 0.5) is 15.4 Å². The van der Waals surface area contributed by atoms with Crippen molar-refractivity contribution in [3.05, 3.63) is 28.6 Å². The molecule has 0 aliphatic rings. The third-order valence-electron chi connectivity index (χ3n) is 1.77. The molecular weight excluding hydrogens is 240 g/mol. The number of carbonyl (C=O) groups excluding carboxylic acids is 1. The van der Waals surface area contributed by atoms with E-state index in [2.05, 4.69) is 4.98 Å². The van der Waals surface area contributed by atoms with Crippen molar-refractivity contribution in [1.29, 1.82) is 0 Å². The van der Waals surface area contributed by atoms with Crippen LogP contribution in [0.15, 0.2) is 23.1 Å². The van der Waals surface area contributed by atoms with Crippen molar-refractivity contribution in [3.8, 4) is 0 Å². The van der Waals surface area contributed by atoms with Crippen LogP contribution in [-0.4, -0.2) is 27.9 Å².